The smallest absolute Gasteiger partial charge is 0.147 e. The number of phenolic OH excluding ortho intramolecular Hbond substituents is 1. The Morgan fingerprint density at radius 3 is 2.14 bits per heavy atom. The number of phenols is 1. The maximum atomic E-state index is 12.0. The maximum absolute atomic E-state index is 12.0. The van der Waals surface area contributed by atoms with Gasteiger partial charge in [0.05, 0.1) is 11.4 Å². The normalized spacial score (nSPS) is 11.4. The van der Waals surface area contributed by atoms with Gasteiger partial charge in [-0.05, 0) is 76.3 Å². The van der Waals surface area contributed by atoms with Crippen LogP contribution in [0.2, 0.25) is 0 Å². The van der Waals surface area contributed by atoms with Gasteiger partial charge in [0, 0.05) is 28.1 Å². The second kappa shape index (κ2) is 10.5. The van der Waals surface area contributed by atoms with Gasteiger partial charge >= 0.3 is 0 Å². The summed E-state index contributed by atoms with van der Waals surface area (Å²) in [6, 6.07) is 51.8. The van der Waals surface area contributed by atoms with Gasteiger partial charge in [-0.3, -0.25) is 0 Å². The van der Waals surface area contributed by atoms with Crippen molar-refractivity contribution in [2.75, 3.05) is 4.90 Å². The summed E-state index contributed by atoms with van der Waals surface area (Å²) < 4.78 is 6.44. The van der Waals surface area contributed by atoms with Crippen LogP contribution in [0.1, 0.15) is 5.56 Å². The Morgan fingerprint density at radius 2 is 1.25 bits per heavy atom. The van der Waals surface area contributed by atoms with Crippen molar-refractivity contribution < 1.29 is 9.52 Å². The van der Waals surface area contributed by atoms with E-state index < -0.39 is 0 Å². The third-order valence-corrected chi connectivity index (χ3v) is 8.50. The lowest BCUT2D eigenvalue weighted by Crippen LogP contribution is -2.11. The van der Waals surface area contributed by atoms with Crippen molar-refractivity contribution in [1.82, 2.24) is 0 Å². The Morgan fingerprint density at radius 1 is 0.523 bits per heavy atom. The lowest BCUT2D eigenvalue weighted by atomic mass is 9.97. The van der Waals surface area contributed by atoms with Crippen LogP contribution in [0.3, 0.4) is 0 Å². The lowest BCUT2D eigenvalue weighted by Gasteiger charge is -2.28. The molecule has 1 aromatic heterocycles. The average Bonchev–Trinajstić information content (AvgIpc) is 3.45. The van der Waals surface area contributed by atoms with Crippen molar-refractivity contribution in [1.29, 1.82) is 0 Å². The zero-order chi connectivity index (χ0) is 29.6. The van der Waals surface area contributed by atoms with E-state index in [-0.39, 0.29) is 5.75 Å². The van der Waals surface area contributed by atoms with Gasteiger partial charge in [-0.25, -0.2) is 0 Å². The molecule has 0 unspecified atom stereocenters. The highest BCUT2D eigenvalue weighted by molar-refractivity contribution is 6.19. The van der Waals surface area contributed by atoms with Gasteiger partial charge in [0.15, 0.2) is 0 Å². The number of anilines is 3. The van der Waals surface area contributed by atoms with Crippen molar-refractivity contribution >= 4 is 49.8 Å². The molecule has 0 aliphatic heterocycles. The molecule has 0 bridgehead atoms. The SMILES string of the molecule is Cc1ccccc1N(c1ccc2c(c1)oc1ccc3ccccc3c12)c1cccc(-c2cccc(-c3ccccc3)c2)c1O. The van der Waals surface area contributed by atoms with E-state index in [4.69, 9.17) is 4.42 Å². The molecular formula is C41H29NO2. The fraction of sp³-hybridized carbons (Fsp3) is 0.0244. The summed E-state index contributed by atoms with van der Waals surface area (Å²) in [4.78, 5) is 2.12. The molecule has 0 fully saturated rings. The Bertz CT molecular complexity index is 2320. The van der Waals surface area contributed by atoms with Crippen molar-refractivity contribution in [3.05, 3.63) is 157 Å². The van der Waals surface area contributed by atoms with Gasteiger partial charge in [0.1, 0.15) is 16.9 Å². The number of nitrogens with zero attached hydrogens (tertiary/aromatic N) is 1. The van der Waals surface area contributed by atoms with E-state index in [1.165, 1.54) is 10.8 Å². The highest BCUT2D eigenvalue weighted by Crippen LogP contribution is 2.46. The highest BCUT2D eigenvalue weighted by Gasteiger charge is 2.22. The molecule has 44 heavy (non-hydrogen) atoms. The van der Waals surface area contributed by atoms with Crippen molar-refractivity contribution in [3.8, 4) is 28.0 Å². The fourth-order valence-electron chi connectivity index (χ4n) is 6.34. The summed E-state index contributed by atoms with van der Waals surface area (Å²) in [6.07, 6.45) is 0. The molecule has 0 saturated heterocycles. The summed E-state index contributed by atoms with van der Waals surface area (Å²) in [6.45, 7) is 2.10. The van der Waals surface area contributed by atoms with Crippen LogP contribution in [0.5, 0.6) is 5.75 Å². The number of fused-ring (bicyclic) bond motifs is 5. The molecule has 7 aromatic carbocycles. The maximum Gasteiger partial charge on any atom is 0.147 e. The molecule has 1 N–H and O–H groups in total. The molecule has 1 heterocycles. The van der Waals surface area contributed by atoms with Gasteiger partial charge in [-0.1, -0.05) is 109 Å². The predicted molar refractivity (Wildman–Crippen MR) is 183 cm³/mol. The highest BCUT2D eigenvalue weighted by atomic mass is 16.3. The molecular weight excluding hydrogens is 538 g/mol. The molecule has 0 spiro atoms. The third-order valence-electron chi connectivity index (χ3n) is 8.50. The molecule has 0 saturated carbocycles. The topological polar surface area (TPSA) is 36.6 Å². The van der Waals surface area contributed by atoms with Gasteiger partial charge in [0.25, 0.3) is 0 Å². The number of para-hydroxylation sites is 2. The number of rotatable bonds is 5. The number of furan rings is 1. The first-order chi connectivity index (χ1) is 21.7. The van der Waals surface area contributed by atoms with Crippen LogP contribution in [0.4, 0.5) is 17.1 Å². The van der Waals surface area contributed by atoms with E-state index in [2.05, 4.69) is 103 Å². The molecule has 8 aromatic rings. The number of benzene rings is 7. The summed E-state index contributed by atoms with van der Waals surface area (Å²) in [7, 11) is 0. The minimum Gasteiger partial charge on any atom is -0.505 e. The monoisotopic (exact) mass is 567 g/mol. The Kier molecular flexibility index (Phi) is 6.16. The predicted octanol–water partition coefficient (Wildman–Crippen LogP) is 11.6. The zero-order valence-corrected chi connectivity index (χ0v) is 24.2. The number of aromatic hydroxyl groups is 1. The zero-order valence-electron chi connectivity index (χ0n) is 24.2. The standard InChI is InChI=1S/C41H29NO2/c1-27-11-5-8-19-36(27)42(32-22-23-35-39(26-32)44-38-24-21-29-14-6-7-17-33(29)40(35)38)37-20-10-18-34(41(37)43)31-16-9-15-30(25-31)28-12-3-2-4-13-28/h2-26,43H,1H3. The lowest BCUT2D eigenvalue weighted by molar-refractivity contribution is 0.478. The molecule has 0 aliphatic carbocycles. The minimum absolute atomic E-state index is 0.219. The van der Waals surface area contributed by atoms with Crippen LogP contribution in [-0.4, -0.2) is 5.11 Å². The largest absolute Gasteiger partial charge is 0.505 e. The Hall–Kier alpha value is -5.80. The molecule has 3 heteroatoms. The molecule has 210 valence electrons. The number of aryl methyl sites for hydroxylation is 1. The summed E-state index contributed by atoms with van der Waals surface area (Å²) >= 11 is 0. The van der Waals surface area contributed by atoms with E-state index in [9.17, 15) is 5.11 Å². The second-order valence-corrected chi connectivity index (χ2v) is 11.2. The number of hydrogen-bond acceptors (Lipinski definition) is 3. The molecule has 0 atom stereocenters. The van der Waals surface area contributed by atoms with Crippen LogP contribution < -0.4 is 4.90 Å². The van der Waals surface area contributed by atoms with Gasteiger partial charge in [-0.2, -0.15) is 0 Å². The average molecular weight is 568 g/mol. The van der Waals surface area contributed by atoms with E-state index in [0.717, 1.165) is 61.1 Å². The van der Waals surface area contributed by atoms with Crippen LogP contribution in [0, 0.1) is 6.92 Å². The van der Waals surface area contributed by atoms with E-state index in [0.29, 0.717) is 5.69 Å². The first-order valence-electron chi connectivity index (χ1n) is 14.8. The van der Waals surface area contributed by atoms with Crippen LogP contribution >= 0.6 is 0 Å². The molecule has 0 amide bonds. The molecule has 8 rings (SSSR count). The van der Waals surface area contributed by atoms with Gasteiger partial charge < -0.3 is 14.4 Å². The third kappa shape index (κ3) is 4.29. The van der Waals surface area contributed by atoms with Crippen molar-refractivity contribution in [3.63, 3.8) is 0 Å². The van der Waals surface area contributed by atoms with E-state index in [1.54, 1.807) is 0 Å². The van der Waals surface area contributed by atoms with Gasteiger partial charge in [0.2, 0.25) is 0 Å². The van der Waals surface area contributed by atoms with Crippen LogP contribution in [0.15, 0.2) is 156 Å². The van der Waals surface area contributed by atoms with E-state index >= 15 is 0 Å². The first kappa shape index (κ1) is 25.9. The van der Waals surface area contributed by atoms with Crippen LogP contribution in [0.25, 0.3) is 55.0 Å². The first-order valence-corrected chi connectivity index (χ1v) is 14.8. The summed E-state index contributed by atoms with van der Waals surface area (Å²) in [5.74, 6) is 0.219. The molecule has 0 aliphatic rings. The van der Waals surface area contributed by atoms with E-state index in [1.807, 2.05) is 60.7 Å². The van der Waals surface area contributed by atoms with Crippen LogP contribution in [-0.2, 0) is 0 Å². The van der Waals surface area contributed by atoms with Crippen molar-refractivity contribution in [2.24, 2.45) is 0 Å². The quantitative estimate of drug-likeness (QED) is 0.225. The Labute approximate surface area is 255 Å². The molecule has 0 radical (unpaired) electrons. The minimum atomic E-state index is 0.219. The summed E-state index contributed by atoms with van der Waals surface area (Å²) in [5, 5.41) is 16.5. The number of hydrogen-bond donors (Lipinski definition) is 1. The second-order valence-electron chi connectivity index (χ2n) is 11.2. The molecule has 3 nitrogen and oxygen atoms in total. The summed E-state index contributed by atoms with van der Waals surface area (Å²) in [5.41, 5.74) is 9.32. The Balaban J connectivity index is 1.31. The fourth-order valence-corrected chi connectivity index (χ4v) is 6.34. The van der Waals surface area contributed by atoms with Crippen molar-refractivity contribution in [2.45, 2.75) is 6.92 Å². The van der Waals surface area contributed by atoms with Gasteiger partial charge in [-0.15, -0.1) is 0 Å².